The van der Waals surface area contributed by atoms with Gasteiger partial charge in [-0.1, -0.05) is 0 Å². The second kappa shape index (κ2) is 5.44. The van der Waals surface area contributed by atoms with E-state index in [0.717, 1.165) is 18.2 Å². The Morgan fingerprint density at radius 1 is 1.26 bits per heavy atom. The molecule has 0 aliphatic rings. The lowest BCUT2D eigenvalue weighted by molar-refractivity contribution is 0.102. The molecule has 0 atom stereocenters. The Hall–Kier alpha value is -1.82. The number of nitrogens with zero attached hydrogens (tertiary/aromatic N) is 1. The Morgan fingerprint density at radius 3 is 2.68 bits per heavy atom. The number of hydrogen-bond acceptors (Lipinski definition) is 2. The summed E-state index contributed by atoms with van der Waals surface area (Å²) in [6, 6.07) is 5.99. The van der Waals surface area contributed by atoms with Crippen molar-refractivity contribution in [1.29, 1.82) is 0 Å². The minimum absolute atomic E-state index is 0.345. The summed E-state index contributed by atoms with van der Waals surface area (Å²) in [5.41, 5.74) is 0.665. The maximum absolute atomic E-state index is 13.4. The van der Waals surface area contributed by atoms with Crippen LogP contribution in [-0.4, -0.2) is 10.9 Å². The van der Waals surface area contributed by atoms with Gasteiger partial charge in [-0.15, -0.1) is 0 Å². The maximum atomic E-state index is 13.4. The van der Waals surface area contributed by atoms with Crippen molar-refractivity contribution >= 4 is 27.5 Å². The molecule has 0 unspecified atom stereocenters. The molecule has 0 aliphatic carbocycles. The number of aromatic nitrogens is 1. The van der Waals surface area contributed by atoms with E-state index in [-0.39, 0.29) is 5.56 Å². The molecule has 0 spiro atoms. The Morgan fingerprint density at radius 2 is 2.00 bits per heavy atom. The smallest absolute Gasteiger partial charge is 0.258 e. The number of carbonyl (C=O) groups is 1. The van der Waals surface area contributed by atoms with Crippen LogP contribution in [0.2, 0.25) is 0 Å². The summed E-state index contributed by atoms with van der Waals surface area (Å²) in [6.07, 6.45) is 0. The lowest BCUT2D eigenvalue weighted by Gasteiger charge is -2.08. The first kappa shape index (κ1) is 13.6. The first-order valence-corrected chi connectivity index (χ1v) is 6.16. The number of anilines is 1. The highest BCUT2D eigenvalue weighted by atomic mass is 79.9. The molecule has 2 aromatic rings. The first-order valence-electron chi connectivity index (χ1n) is 5.37. The molecular formula is C13H9BrF2N2O. The lowest BCUT2D eigenvalue weighted by Crippen LogP contribution is -2.15. The number of rotatable bonds is 2. The molecule has 0 fully saturated rings. The van der Waals surface area contributed by atoms with Crippen LogP contribution in [0.5, 0.6) is 0 Å². The number of amides is 1. The van der Waals surface area contributed by atoms with Gasteiger partial charge in [-0.25, -0.2) is 13.8 Å². The summed E-state index contributed by atoms with van der Waals surface area (Å²) in [7, 11) is 0. The van der Waals surface area contributed by atoms with Gasteiger partial charge in [0.05, 0.1) is 16.9 Å². The molecule has 2 rings (SSSR count). The van der Waals surface area contributed by atoms with Crippen molar-refractivity contribution in [2.75, 3.05) is 5.32 Å². The number of hydrogen-bond donors (Lipinski definition) is 1. The van der Waals surface area contributed by atoms with Crippen molar-refractivity contribution in [3.05, 3.63) is 57.8 Å². The van der Waals surface area contributed by atoms with Crippen LogP contribution in [0.1, 0.15) is 16.1 Å². The number of halogens is 3. The number of carbonyl (C=O) groups excluding carboxylic acids is 1. The highest BCUT2D eigenvalue weighted by Crippen LogP contribution is 2.18. The molecule has 1 amide bonds. The van der Waals surface area contributed by atoms with Gasteiger partial charge in [-0.2, -0.15) is 0 Å². The second-order valence-electron chi connectivity index (χ2n) is 3.85. The number of benzene rings is 1. The van der Waals surface area contributed by atoms with Gasteiger partial charge < -0.3 is 5.32 Å². The molecular weight excluding hydrogens is 318 g/mol. The molecule has 0 radical (unpaired) electrons. The standard InChI is InChI=1S/C13H9BrF2N2O/c1-7-11(4-5-12(14)17-7)18-13(19)9-6-8(15)2-3-10(9)16/h2-6H,1H3,(H,18,19). The van der Waals surface area contributed by atoms with Crippen LogP contribution < -0.4 is 5.32 Å². The summed E-state index contributed by atoms with van der Waals surface area (Å²) in [6.45, 7) is 1.70. The van der Waals surface area contributed by atoms with Crippen LogP contribution >= 0.6 is 15.9 Å². The second-order valence-corrected chi connectivity index (χ2v) is 4.66. The molecule has 0 aliphatic heterocycles. The number of nitrogens with one attached hydrogen (secondary N) is 1. The van der Waals surface area contributed by atoms with Gasteiger partial charge in [0.15, 0.2) is 0 Å². The Balaban J connectivity index is 2.28. The fraction of sp³-hybridized carbons (Fsp3) is 0.0769. The monoisotopic (exact) mass is 326 g/mol. The predicted molar refractivity (Wildman–Crippen MR) is 71.0 cm³/mol. The summed E-state index contributed by atoms with van der Waals surface area (Å²) < 4.78 is 27.1. The molecule has 19 heavy (non-hydrogen) atoms. The van der Waals surface area contributed by atoms with Crippen LogP contribution in [0, 0.1) is 18.6 Å². The zero-order chi connectivity index (χ0) is 14.0. The van der Waals surface area contributed by atoms with Gasteiger partial charge >= 0.3 is 0 Å². The minimum Gasteiger partial charge on any atom is -0.320 e. The average Bonchev–Trinajstić information content (AvgIpc) is 2.35. The zero-order valence-corrected chi connectivity index (χ0v) is 11.5. The minimum atomic E-state index is -0.776. The Kier molecular flexibility index (Phi) is 3.90. The van der Waals surface area contributed by atoms with Gasteiger partial charge in [0, 0.05) is 0 Å². The van der Waals surface area contributed by atoms with Crippen LogP contribution in [0.25, 0.3) is 0 Å². The molecule has 0 saturated carbocycles. The van der Waals surface area contributed by atoms with Crippen molar-refractivity contribution in [3.63, 3.8) is 0 Å². The van der Waals surface area contributed by atoms with Crippen molar-refractivity contribution in [2.24, 2.45) is 0 Å². The first-order chi connectivity index (χ1) is 8.97. The molecule has 1 aromatic carbocycles. The predicted octanol–water partition coefficient (Wildman–Crippen LogP) is 3.68. The summed E-state index contributed by atoms with van der Waals surface area (Å²) in [4.78, 5) is 16.0. The van der Waals surface area contributed by atoms with Crippen molar-refractivity contribution < 1.29 is 13.6 Å². The van der Waals surface area contributed by atoms with E-state index in [1.165, 1.54) is 0 Å². The third-order valence-electron chi connectivity index (χ3n) is 2.47. The molecule has 1 heterocycles. The van der Waals surface area contributed by atoms with Crippen LogP contribution in [0.4, 0.5) is 14.5 Å². The lowest BCUT2D eigenvalue weighted by atomic mass is 10.2. The van der Waals surface area contributed by atoms with Crippen molar-refractivity contribution in [2.45, 2.75) is 6.92 Å². The quantitative estimate of drug-likeness (QED) is 0.855. The normalized spacial score (nSPS) is 10.3. The zero-order valence-electron chi connectivity index (χ0n) is 9.88. The van der Waals surface area contributed by atoms with Crippen LogP contribution in [0.3, 0.4) is 0 Å². The van der Waals surface area contributed by atoms with Crippen LogP contribution in [0.15, 0.2) is 34.9 Å². The van der Waals surface area contributed by atoms with Crippen molar-refractivity contribution in [1.82, 2.24) is 4.98 Å². The van der Waals surface area contributed by atoms with E-state index in [1.54, 1.807) is 19.1 Å². The Bertz CT molecular complexity index is 647. The highest BCUT2D eigenvalue weighted by molar-refractivity contribution is 9.10. The van der Waals surface area contributed by atoms with Crippen molar-refractivity contribution in [3.8, 4) is 0 Å². The third-order valence-corrected chi connectivity index (χ3v) is 2.91. The SMILES string of the molecule is Cc1nc(Br)ccc1NC(=O)c1cc(F)ccc1F. The van der Waals surface area contributed by atoms with E-state index >= 15 is 0 Å². The van der Waals surface area contributed by atoms with E-state index in [1.807, 2.05) is 0 Å². The Labute approximate surface area is 116 Å². The molecule has 6 heteroatoms. The van der Waals surface area contributed by atoms with E-state index in [0.29, 0.717) is 16.0 Å². The fourth-order valence-electron chi connectivity index (χ4n) is 1.52. The summed E-state index contributed by atoms with van der Waals surface area (Å²) in [5, 5.41) is 2.49. The van der Waals surface area contributed by atoms with Gasteiger partial charge in [-0.3, -0.25) is 4.79 Å². The van der Waals surface area contributed by atoms with E-state index in [2.05, 4.69) is 26.2 Å². The molecule has 0 bridgehead atoms. The van der Waals surface area contributed by atoms with Crippen LogP contribution in [-0.2, 0) is 0 Å². The summed E-state index contributed by atoms with van der Waals surface area (Å²) in [5.74, 6) is -2.16. The van der Waals surface area contributed by atoms with Gasteiger partial charge in [-0.05, 0) is 53.2 Å². The maximum Gasteiger partial charge on any atom is 0.258 e. The topological polar surface area (TPSA) is 42.0 Å². The van der Waals surface area contributed by atoms with E-state index < -0.39 is 17.5 Å². The summed E-state index contributed by atoms with van der Waals surface area (Å²) >= 11 is 3.20. The highest BCUT2D eigenvalue weighted by Gasteiger charge is 2.14. The average molecular weight is 327 g/mol. The molecule has 0 saturated heterocycles. The van der Waals surface area contributed by atoms with E-state index in [4.69, 9.17) is 0 Å². The van der Waals surface area contributed by atoms with E-state index in [9.17, 15) is 13.6 Å². The molecule has 98 valence electrons. The van der Waals surface area contributed by atoms with Gasteiger partial charge in [0.25, 0.3) is 5.91 Å². The third kappa shape index (κ3) is 3.14. The van der Waals surface area contributed by atoms with Gasteiger partial charge in [0.1, 0.15) is 16.2 Å². The number of pyridine rings is 1. The fourth-order valence-corrected chi connectivity index (χ4v) is 1.92. The van der Waals surface area contributed by atoms with Gasteiger partial charge in [0.2, 0.25) is 0 Å². The number of aryl methyl sites for hydroxylation is 1. The molecule has 1 N–H and O–H groups in total. The molecule has 3 nitrogen and oxygen atoms in total. The molecule has 1 aromatic heterocycles. The largest absolute Gasteiger partial charge is 0.320 e.